The van der Waals surface area contributed by atoms with E-state index in [1.807, 2.05) is 4.83 Å². The third-order valence-electron chi connectivity index (χ3n) is 3.20. The Morgan fingerprint density at radius 1 is 1.08 bits per heavy atom. The van der Waals surface area contributed by atoms with E-state index in [1.165, 1.54) is 37.3 Å². The zero-order chi connectivity index (χ0) is 19.2. The molecular weight excluding hydrogens is 358 g/mol. The maximum absolute atomic E-state index is 12.3. The van der Waals surface area contributed by atoms with Crippen LogP contribution in [0.15, 0.2) is 53.4 Å². The first-order valence-electron chi connectivity index (χ1n) is 7.75. The molecule has 2 aromatic rings. The van der Waals surface area contributed by atoms with Crippen LogP contribution in [-0.2, 0) is 14.8 Å². The van der Waals surface area contributed by atoms with E-state index < -0.39 is 15.9 Å². The molecule has 2 amide bonds. The van der Waals surface area contributed by atoms with Gasteiger partial charge >= 0.3 is 0 Å². The number of sulfonamides is 1. The highest BCUT2D eigenvalue weighted by molar-refractivity contribution is 7.89. The first-order chi connectivity index (χ1) is 12.3. The predicted molar refractivity (Wildman–Crippen MR) is 96.1 cm³/mol. The number of hydrogen-bond acceptors (Lipinski definition) is 5. The summed E-state index contributed by atoms with van der Waals surface area (Å²) in [5.74, 6) is -0.738. The van der Waals surface area contributed by atoms with E-state index in [4.69, 9.17) is 4.74 Å². The highest BCUT2D eigenvalue weighted by Crippen LogP contribution is 2.23. The van der Waals surface area contributed by atoms with Crippen LogP contribution >= 0.6 is 0 Å². The fourth-order valence-corrected chi connectivity index (χ4v) is 2.97. The van der Waals surface area contributed by atoms with Gasteiger partial charge in [-0.15, -0.1) is 4.83 Å². The highest BCUT2D eigenvalue weighted by atomic mass is 32.2. The van der Waals surface area contributed by atoms with Gasteiger partial charge < -0.3 is 10.1 Å². The van der Waals surface area contributed by atoms with Gasteiger partial charge in [-0.1, -0.05) is 18.2 Å². The summed E-state index contributed by atoms with van der Waals surface area (Å²) in [7, 11) is -3.89. The molecule has 0 saturated heterocycles. The average Bonchev–Trinajstić information content (AvgIpc) is 2.60. The van der Waals surface area contributed by atoms with Gasteiger partial charge in [0.05, 0.1) is 17.1 Å². The van der Waals surface area contributed by atoms with Crippen LogP contribution in [0, 0.1) is 0 Å². The van der Waals surface area contributed by atoms with Gasteiger partial charge in [0.2, 0.25) is 5.91 Å². The number of amides is 2. The average molecular weight is 377 g/mol. The molecule has 0 unspecified atom stereocenters. The van der Waals surface area contributed by atoms with E-state index in [9.17, 15) is 18.0 Å². The second kappa shape index (κ2) is 8.45. The minimum atomic E-state index is -3.89. The lowest BCUT2D eigenvalue weighted by Gasteiger charge is -2.13. The molecule has 0 fully saturated rings. The molecule has 0 bridgehead atoms. The Kier molecular flexibility index (Phi) is 6.31. The van der Waals surface area contributed by atoms with Gasteiger partial charge in [0.25, 0.3) is 15.9 Å². The van der Waals surface area contributed by atoms with Crippen LogP contribution < -0.4 is 20.3 Å². The quantitative estimate of drug-likeness (QED) is 0.635. The standard InChI is InChI=1S/C17H19N3O5S/c1-3-25-16-11-13(18-12(2)21)9-10-15(16)17(22)19-20-26(23,24)14-7-5-4-6-8-14/h4-11,20H,3H2,1-2H3,(H,18,21)(H,19,22). The van der Waals surface area contributed by atoms with Crippen LogP contribution in [0.5, 0.6) is 5.75 Å². The van der Waals surface area contributed by atoms with Crippen molar-refractivity contribution in [1.82, 2.24) is 10.3 Å². The van der Waals surface area contributed by atoms with Crippen molar-refractivity contribution in [3.63, 3.8) is 0 Å². The molecule has 0 heterocycles. The molecule has 0 aliphatic heterocycles. The van der Waals surface area contributed by atoms with Gasteiger partial charge in [-0.2, -0.15) is 0 Å². The number of carbonyl (C=O) groups excluding carboxylic acids is 2. The summed E-state index contributed by atoms with van der Waals surface area (Å²) in [5, 5.41) is 2.59. The summed E-state index contributed by atoms with van der Waals surface area (Å²) < 4.78 is 29.7. The maximum atomic E-state index is 12.3. The molecule has 9 heteroatoms. The Bertz CT molecular complexity index is 898. The predicted octanol–water partition coefficient (Wildman–Crippen LogP) is 1.67. The number of nitrogens with one attached hydrogen (secondary N) is 3. The fourth-order valence-electron chi connectivity index (χ4n) is 2.11. The first kappa shape index (κ1) is 19.4. The molecule has 0 atom stereocenters. The van der Waals surface area contributed by atoms with E-state index in [-0.39, 0.29) is 22.1 Å². The minimum absolute atomic E-state index is 0.0198. The number of rotatable bonds is 7. The molecule has 26 heavy (non-hydrogen) atoms. The molecule has 0 radical (unpaired) electrons. The van der Waals surface area contributed by atoms with Crippen molar-refractivity contribution < 1.29 is 22.7 Å². The van der Waals surface area contributed by atoms with Crippen molar-refractivity contribution in [3.05, 3.63) is 54.1 Å². The largest absolute Gasteiger partial charge is 0.493 e. The Hall–Kier alpha value is -2.91. The van der Waals surface area contributed by atoms with E-state index in [0.717, 1.165) is 0 Å². The van der Waals surface area contributed by atoms with Crippen molar-refractivity contribution in [2.24, 2.45) is 0 Å². The number of anilines is 1. The topological polar surface area (TPSA) is 114 Å². The van der Waals surface area contributed by atoms with Gasteiger partial charge in [0.15, 0.2) is 0 Å². The molecule has 0 aliphatic carbocycles. The number of benzene rings is 2. The molecule has 138 valence electrons. The molecular formula is C17H19N3O5S. The zero-order valence-electron chi connectivity index (χ0n) is 14.3. The lowest BCUT2D eigenvalue weighted by atomic mass is 10.1. The molecule has 0 aromatic heterocycles. The molecule has 0 saturated carbocycles. The van der Waals surface area contributed by atoms with E-state index in [0.29, 0.717) is 12.3 Å². The monoisotopic (exact) mass is 377 g/mol. The lowest BCUT2D eigenvalue weighted by molar-refractivity contribution is -0.114. The normalized spacial score (nSPS) is 10.8. The summed E-state index contributed by atoms with van der Waals surface area (Å²) in [6.07, 6.45) is 0. The van der Waals surface area contributed by atoms with E-state index >= 15 is 0 Å². The summed E-state index contributed by atoms with van der Waals surface area (Å²) in [6, 6.07) is 12.1. The summed E-state index contributed by atoms with van der Waals surface area (Å²) in [6.45, 7) is 3.39. The second-order valence-corrected chi connectivity index (χ2v) is 6.88. The maximum Gasteiger partial charge on any atom is 0.270 e. The molecule has 0 aliphatic rings. The molecule has 2 aromatic carbocycles. The number of hydrogen-bond donors (Lipinski definition) is 3. The van der Waals surface area contributed by atoms with Crippen molar-refractivity contribution in [1.29, 1.82) is 0 Å². The SMILES string of the molecule is CCOc1cc(NC(C)=O)ccc1C(=O)NNS(=O)(=O)c1ccccc1. The van der Waals surface area contributed by atoms with Gasteiger partial charge in [0.1, 0.15) is 5.75 Å². The van der Waals surface area contributed by atoms with E-state index in [1.54, 1.807) is 25.1 Å². The third kappa shape index (κ3) is 5.04. The van der Waals surface area contributed by atoms with Crippen molar-refractivity contribution in [2.45, 2.75) is 18.7 Å². The third-order valence-corrected chi connectivity index (χ3v) is 4.46. The molecule has 0 spiro atoms. The number of carbonyl (C=O) groups is 2. The van der Waals surface area contributed by atoms with Crippen LogP contribution in [0.25, 0.3) is 0 Å². The molecule has 2 rings (SSSR count). The van der Waals surface area contributed by atoms with Gasteiger partial charge in [0, 0.05) is 18.7 Å². The Labute approximate surface area is 151 Å². The van der Waals surface area contributed by atoms with E-state index in [2.05, 4.69) is 10.7 Å². The summed E-state index contributed by atoms with van der Waals surface area (Å²) in [5.41, 5.74) is 2.73. The Morgan fingerprint density at radius 3 is 2.38 bits per heavy atom. The van der Waals surface area contributed by atoms with Crippen LogP contribution in [-0.4, -0.2) is 26.8 Å². The van der Waals surface area contributed by atoms with Crippen molar-refractivity contribution >= 4 is 27.5 Å². The van der Waals surface area contributed by atoms with Gasteiger partial charge in [-0.3, -0.25) is 15.0 Å². The van der Waals surface area contributed by atoms with Gasteiger partial charge in [-0.25, -0.2) is 8.42 Å². The summed E-state index contributed by atoms with van der Waals surface area (Å²) in [4.78, 5) is 25.5. The van der Waals surface area contributed by atoms with Crippen LogP contribution in [0.4, 0.5) is 5.69 Å². The Morgan fingerprint density at radius 2 is 1.77 bits per heavy atom. The summed E-state index contributed by atoms with van der Waals surface area (Å²) >= 11 is 0. The van der Waals surface area contributed by atoms with Crippen LogP contribution in [0.2, 0.25) is 0 Å². The Balaban J connectivity index is 2.17. The van der Waals surface area contributed by atoms with Crippen molar-refractivity contribution in [3.8, 4) is 5.75 Å². The van der Waals surface area contributed by atoms with Crippen LogP contribution in [0.3, 0.4) is 0 Å². The minimum Gasteiger partial charge on any atom is -0.493 e. The smallest absolute Gasteiger partial charge is 0.270 e. The first-order valence-corrected chi connectivity index (χ1v) is 9.23. The van der Waals surface area contributed by atoms with Crippen molar-refractivity contribution in [2.75, 3.05) is 11.9 Å². The van der Waals surface area contributed by atoms with Crippen LogP contribution in [0.1, 0.15) is 24.2 Å². The highest BCUT2D eigenvalue weighted by Gasteiger charge is 2.18. The van der Waals surface area contributed by atoms with Gasteiger partial charge in [-0.05, 0) is 31.2 Å². The molecule has 8 nitrogen and oxygen atoms in total. The molecule has 3 N–H and O–H groups in total. The fraction of sp³-hybridized carbons (Fsp3) is 0.176. The number of hydrazine groups is 1. The second-order valence-electron chi connectivity index (χ2n) is 5.20. The lowest BCUT2D eigenvalue weighted by Crippen LogP contribution is -2.41. The zero-order valence-corrected chi connectivity index (χ0v) is 15.1. The number of ether oxygens (including phenoxy) is 1.